The first kappa shape index (κ1) is 20.4. The Kier molecular flexibility index (Phi) is 6.74. The molecule has 150 valence electrons. The quantitative estimate of drug-likeness (QED) is 0.283. The number of rotatable bonds is 6. The van der Waals surface area contributed by atoms with Gasteiger partial charge in [-0.25, -0.2) is 4.79 Å². The number of esters is 1. The van der Waals surface area contributed by atoms with Gasteiger partial charge in [0, 0.05) is 17.1 Å². The molecule has 2 heterocycles. The second kappa shape index (κ2) is 9.24. The summed E-state index contributed by atoms with van der Waals surface area (Å²) in [4.78, 5) is 43.4. The van der Waals surface area contributed by atoms with Crippen LogP contribution in [-0.2, 0) is 22.4 Å². The van der Waals surface area contributed by atoms with Gasteiger partial charge in [0.05, 0.1) is 18.7 Å². The van der Waals surface area contributed by atoms with Gasteiger partial charge in [0.2, 0.25) is 11.8 Å². The van der Waals surface area contributed by atoms with Crippen LogP contribution in [0.2, 0.25) is 0 Å². The van der Waals surface area contributed by atoms with Crippen molar-refractivity contribution in [3.63, 3.8) is 0 Å². The summed E-state index contributed by atoms with van der Waals surface area (Å²) in [6.45, 7) is 0. The van der Waals surface area contributed by atoms with Crippen molar-refractivity contribution in [2.75, 3.05) is 18.2 Å². The largest absolute Gasteiger partial charge is 0.493 e. The zero-order valence-electron chi connectivity index (χ0n) is 15.4. The summed E-state index contributed by atoms with van der Waals surface area (Å²) in [5.74, 6) is -0.669. The lowest BCUT2D eigenvalue weighted by Gasteiger charge is -2.07. The van der Waals surface area contributed by atoms with E-state index in [2.05, 4.69) is 15.3 Å². The second-order valence-electron chi connectivity index (χ2n) is 6.32. The van der Waals surface area contributed by atoms with Gasteiger partial charge in [-0.15, -0.1) is 11.3 Å². The number of fused-ring (bicyclic) bond motifs is 1. The van der Waals surface area contributed by atoms with Crippen LogP contribution in [0.5, 0.6) is 5.88 Å². The summed E-state index contributed by atoms with van der Waals surface area (Å²) in [6, 6.07) is 0.978. The van der Waals surface area contributed by atoms with Crippen LogP contribution in [0.1, 0.15) is 46.5 Å². The Hall–Kier alpha value is -2.33. The molecular formula is C18H21N3O5S2. The molecule has 1 aliphatic carbocycles. The summed E-state index contributed by atoms with van der Waals surface area (Å²) >= 11 is 2.61. The lowest BCUT2D eigenvalue weighted by Crippen LogP contribution is -2.15. The molecule has 0 bridgehead atoms. The number of aromatic nitrogens is 2. The standard InChI is InChI=1S/C18H21N3O5S2/c1-26-17(25)15-10-5-3-2-4-6-11(10)28-16(15)19-12(22)7-8-27-18-20-13(23)9-14(24)21-18/h9H,2-8H2,1H3,(H,19,22)(H2,20,21,23,24). The first-order chi connectivity index (χ1) is 13.5. The normalized spacial score (nSPS) is 13.5. The lowest BCUT2D eigenvalue weighted by molar-refractivity contribution is -0.115. The van der Waals surface area contributed by atoms with E-state index in [0.717, 1.165) is 60.4 Å². The van der Waals surface area contributed by atoms with Gasteiger partial charge < -0.3 is 20.1 Å². The van der Waals surface area contributed by atoms with Crippen molar-refractivity contribution in [2.45, 2.75) is 43.7 Å². The topological polar surface area (TPSA) is 121 Å². The van der Waals surface area contributed by atoms with Gasteiger partial charge >= 0.3 is 5.97 Å². The lowest BCUT2D eigenvalue weighted by atomic mass is 10.1. The van der Waals surface area contributed by atoms with Gasteiger partial charge in [0.1, 0.15) is 5.00 Å². The maximum atomic E-state index is 12.4. The number of carbonyl (C=O) groups is 2. The van der Waals surface area contributed by atoms with Crippen LogP contribution in [0.25, 0.3) is 0 Å². The SMILES string of the molecule is COC(=O)c1c(NC(=O)CCSc2nc(O)cc(=O)[nH]2)sc2c1CCCCC2. The van der Waals surface area contributed by atoms with Gasteiger partial charge in [-0.05, 0) is 31.2 Å². The molecule has 1 aliphatic rings. The smallest absolute Gasteiger partial charge is 0.341 e. The molecule has 3 N–H and O–H groups in total. The van der Waals surface area contributed by atoms with E-state index in [9.17, 15) is 19.5 Å². The number of amides is 1. The van der Waals surface area contributed by atoms with Crippen LogP contribution in [-0.4, -0.2) is 39.8 Å². The first-order valence-corrected chi connectivity index (χ1v) is 10.7. The first-order valence-electron chi connectivity index (χ1n) is 8.93. The highest BCUT2D eigenvalue weighted by atomic mass is 32.2. The molecular weight excluding hydrogens is 402 g/mol. The third kappa shape index (κ3) is 4.93. The molecule has 0 spiro atoms. The zero-order valence-corrected chi connectivity index (χ0v) is 17.0. The molecule has 28 heavy (non-hydrogen) atoms. The molecule has 0 aliphatic heterocycles. The fourth-order valence-corrected chi connectivity index (χ4v) is 5.17. The number of carbonyl (C=O) groups excluding carboxylic acids is 2. The average Bonchev–Trinajstić information content (AvgIpc) is 2.81. The van der Waals surface area contributed by atoms with Crippen LogP contribution in [0.3, 0.4) is 0 Å². The molecule has 1 amide bonds. The number of ether oxygens (including phenoxy) is 1. The molecule has 3 rings (SSSR count). The number of hydrogen-bond donors (Lipinski definition) is 3. The van der Waals surface area contributed by atoms with E-state index in [1.165, 1.54) is 18.4 Å². The van der Waals surface area contributed by atoms with Crippen molar-refractivity contribution >= 4 is 40.0 Å². The number of thioether (sulfide) groups is 1. The number of H-pyrrole nitrogens is 1. The van der Waals surface area contributed by atoms with E-state index in [1.54, 1.807) is 0 Å². The van der Waals surface area contributed by atoms with E-state index >= 15 is 0 Å². The fraction of sp³-hybridized carbons (Fsp3) is 0.444. The third-order valence-electron chi connectivity index (χ3n) is 4.34. The maximum Gasteiger partial charge on any atom is 0.341 e. The Labute approximate surface area is 169 Å². The van der Waals surface area contributed by atoms with Crippen molar-refractivity contribution < 1.29 is 19.4 Å². The number of hydrogen-bond acceptors (Lipinski definition) is 8. The molecule has 0 saturated carbocycles. The number of nitrogens with zero attached hydrogens (tertiary/aromatic N) is 1. The Morgan fingerprint density at radius 2 is 2.14 bits per heavy atom. The van der Waals surface area contributed by atoms with Crippen LogP contribution in [0.15, 0.2) is 16.0 Å². The highest BCUT2D eigenvalue weighted by Crippen LogP contribution is 2.38. The molecule has 0 fully saturated rings. The summed E-state index contributed by atoms with van der Waals surface area (Å²) in [6.07, 6.45) is 5.12. The second-order valence-corrected chi connectivity index (χ2v) is 8.50. The van der Waals surface area contributed by atoms with E-state index < -0.39 is 11.5 Å². The van der Waals surface area contributed by atoms with Crippen molar-refractivity contribution in [3.8, 4) is 5.88 Å². The summed E-state index contributed by atoms with van der Waals surface area (Å²) in [5.41, 5.74) is 1.02. The number of aromatic hydroxyl groups is 1. The molecule has 0 unspecified atom stereocenters. The number of thiophene rings is 1. The number of anilines is 1. The van der Waals surface area contributed by atoms with E-state index in [-0.39, 0.29) is 23.4 Å². The van der Waals surface area contributed by atoms with Gasteiger partial charge in [-0.3, -0.25) is 9.59 Å². The zero-order chi connectivity index (χ0) is 20.1. The number of aryl methyl sites for hydroxylation is 1. The summed E-state index contributed by atoms with van der Waals surface area (Å²) in [7, 11) is 1.34. The number of nitrogens with one attached hydrogen (secondary N) is 2. The molecule has 0 saturated heterocycles. The Bertz CT molecular complexity index is 938. The van der Waals surface area contributed by atoms with Gasteiger partial charge in [0.15, 0.2) is 5.16 Å². The molecule has 10 heteroatoms. The van der Waals surface area contributed by atoms with Crippen LogP contribution in [0, 0.1) is 0 Å². The fourth-order valence-electron chi connectivity index (χ4n) is 3.07. The number of methoxy groups -OCH3 is 1. The number of aromatic amines is 1. The molecule has 0 aromatic carbocycles. The minimum Gasteiger partial charge on any atom is -0.493 e. The van der Waals surface area contributed by atoms with E-state index in [4.69, 9.17) is 4.74 Å². The van der Waals surface area contributed by atoms with Crippen molar-refractivity contribution in [1.29, 1.82) is 0 Å². The van der Waals surface area contributed by atoms with Crippen molar-refractivity contribution in [2.24, 2.45) is 0 Å². The molecule has 8 nitrogen and oxygen atoms in total. The Morgan fingerprint density at radius 1 is 1.36 bits per heavy atom. The monoisotopic (exact) mass is 423 g/mol. The summed E-state index contributed by atoms with van der Waals surface area (Å²) in [5, 5.41) is 13.0. The van der Waals surface area contributed by atoms with E-state index in [0.29, 0.717) is 16.3 Å². The van der Waals surface area contributed by atoms with Gasteiger partial charge in [-0.1, -0.05) is 18.2 Å². The third-order valence-corrected chi connectivity index (χ3v) is 6.42. The molecule has 2 aromatic rings. The van der Waals surface area contributed by atoms with Crippen LogP contribution < -0.4 is 10.9 Å². The maximum absolute atomic E-state index is 12.4. The molecule has 0 atom stereocenters. The van der Waals surface area contributed by atoms with Gasteiger partial charge in [-0.2, -0.15) is 4.98 Å². The van der Waals surface area contributed by atoms with Crippen molar-refractivity contribution in [1.82, 2.24) is 9.97 Å². The predicted octanol–water partition coefficient (Wildman–Crippen LogP) is 2.71. The highest BCUT2D eigenvalue weighted by molar-refractivity contribution is 7.99. The molecule has 2 aromatic heterocycles. The summed E-state index contributed by atoms with van der Waals surface area (Å²) < 4.78 is 4.93. The van der Waals surface area contributed by atoms with E-state index in [1.807, 2.05) is 0 Å². The van der Waals surface area contributed by atoms with Crippen LogP contribution >= 0.6 is 23.1 Å². The van der Waals surface area contributed by atoms with Gasteiger partial charge in [0.25, 0.3) is 5.56 Å². The highest BCUT2D eigenvalue weighted by Gasteiger charge is 2.26. The van der Waals surface area contributed by atoms with Crippen LogP contribution in [0.4, 0.5) is 5.00 Å². The Morgan fingerprint density at radius 3 is 2.89 bits per heavy atom. The molecule has 0 radical (unpaired) electrons. The Balaban J connectivity index is 1.66. The minimum absolute atomic E-state index is 0.160. The predicted molar refractivity (Wildman–Crippen MR) is 107 cm³/mol. The van der Waals surface area contributed by atoms with Crippen molar-refractivity contribution in [3.05, 3.63) is 32.4 Å². The average molecular weight is 424 g/mol. The minimum atomic E-state index is -0.456.